The summed E-state index contributed by atoms with van der Waals surface area (Å²) in [4.78, 5) is 148. The number of aromatic nitrogens is 16. The monoisotopic (exact) mass is 1160 g/mol. The Morgan fingerprint density at radius 1 is 0.357 bits per heavy atom. The number of nitrogen functional groups attached to an aromatic ring is 3. The van der Waals surface area contributed by atoms with Crippen molar-refractivity contribution in [1.82, 2.24) is 97.7 Å². The van der Waals surface area contributed by atoms with Crippen LogP contribution in [0.25, 0.3) is 44.7 Å². The lowest BCUT2D eigenvalue weighted by Crippen LogP contribution is -2.40. The maximum Gasteiger partial charge on any atom is 0.243 e. The Morgan fingerprint density at radius 2 is 0.583 bits per heavy atom. The van der Waals surface area contributed by atoms with E-state index in [0.717, 1.165) is 5.69 Å². The van der Waals surface area contributed by atoms with Gasteiger partial charge in [-0.15, -0.1) is 0 Å². The summed E-state index contributed by atoms with van der Waals surface area (Å²) in [5.74, 6) is -0.476. The minimum absolute atomic E-state index is 0.0141. The average Bonchev–Trinajstić information content (AvgIpc) is 4.44. The van der Waals surface area contributed by atoms with Crippen molar-refractivity contribution in [2.75, 3.05) is 95.7 Å². The van der Waals surface area contributed by atoms with Gasteiger partial charge in [-0.1, -0.05) is 0 Å². The number of nitrogens with two attached hydrogens (primary N) is 7. The van der Waals surface area contributed by atoms with E-state index in [9.17, 15) is 38.4 Å². The van der Waals surface area contributed by atoms with Gasteiger partial charge in [0.15, 0.2) is 40.0 Å². The molecule has 4 amide bonds. The Balaban J connectivity index is 0.000000205. The zero-order valence-corrected chi connectivity index (χ0v) is 47.2. The standard InChI is InChI=1S/C13H18N6O2.3C12H17N7O2/c1-9(20)5-18(4-3-14)11(21)6-19-8-17-12-10(2)15-7-16-13(12)19;3*1-8(20)4-18(3-2-13)9(21)5-19-7-17-10-11(14)15-6-16-12(10)19/h7-8H,3-6,14H2,1-2H3;3*6-7H,2-5,13H2,1H3,(H2,14,15,16). The number of anilines is 3. The van der Waals surface area contributed by atoms with Gasteiger partial charge in [-0.05, 0) is 34.6 Å². The fraction of sp³-hybridized carbons (Fsp3) is 0.429. The summed E-state index contributed by atoms with van der Waals surface area (Å²) in [5, 5.41) is 0. The van der Waals surface area contributed by atoms with Crippen LogP contribution in [0.3, 0.4) is 0 Å². The number of aryl methyl sites for hydroxylation is 1. The minimum atomic E-state index is -0.230. The highest BCUT2D eigenvalue weighted by molar-refractivity contribution is 5.89. The van der Waals surface area contributed by atoms with E-state index in [-0.39, 0.29) is 117 Å². The Labute approximate surface area is 479 Å². The molecule has 8 rings (SSSR count). The third-order valence-corrected chi connectivity index (χ3v) is 11.8. The first kappa shape index (κ1) is 64.8. The summed E-state index contributed by atoms with van der Waals surface area (Å²) in [7, 11) is 0. The Hall–Kier alpha value is -10.0. The van der Waals surface area contributed by atoms with Gasteiger partial charge < -0.3 is 78.0 Å². The van der Waals surface area contributed by atoms with Crippen LogP contribution in [0.5, 0.6) is 0 Å². The van der Waals surface area contributed by atoms with Crippen molar-refractivity contribution in [1.29, 1.82) is 0 Å². The summed E-state index contributed by atoms with van der Waals surface area (Å²) < 4.78 is 6.36. The number of imidazole rings is 4. The summed E-state index contributed by atoms with van der Waals surface area (Å²) in [6.45, 7) is 10.4. The molecule has 35 nitrogen and oxygen atoms in total. The molecule has 0 aliphatic carbocycles. The van der Waals surface area contributed by atoms with Gasteiger partial charge in [0.1, 0.15) is 96.7 Å². The number of fused-ring (bicyclic) bond motifs is 4. The van der Waals surface area contributed by atoms with Crippen LogP contribution in [0.1, 0.15) is 33.4 Å². The molecule has 0 saturated carbocycles. The molecule has 0 radical (unpaired) electrons. The lowest BCUT2D eigenvalue weighted by atomic mass is 10.3. The summed E-state index contributed by atoms with van der Waals surface area (Å²) in [6.07, 6.45) is 11.4. The van der Waals surface area contributed by atoms with Gasteiger partial charge in [0, 0.05) is 52.4 Å². The Kier molecular flexibility index (Phi) is 24.1. The fourth-order valence-corrected chi connectivity index (χ4v) is 8.01. The van der Waals surface area contributed by atoms with Crippen LogP contribution in [0, 0.1) is 6.92 Å². The highest BCUT2D eigenvalue weighted by atomic mass is 16.2. The van der Waals surface area contributed by atoms with Crippen molar-refractivity contribution in [3.05, 3.63) is 56.3 Å². The maximum atomic E-state index is 12.3. The lowest BCUT2D eigenvalue weighted by molar-refractivity contribution is -0.135. The number of carbonyl (C=O) groups excluding carboxylic acids is 8. The Bertz CT molecular complexity index is 3130. The quantitative estimate of drug-likeness (QED) is 0.0302. The summed E-state index contributed by atoms with van der Waals surface area (Å²) in [6, 6.07) is 0. The molecule has 448 valence electrons. The topological polar surface area (TPSA) is 506 Å². The smallest absolute Gasteiger partial charge is 0.243 e. The number of Topliss-reactive ketones (excluding diaryl/α,β-unsaturated/α-hetero) is 4. The van der Waals surface area contributed by atoms with E-state index in [1.165, 1.54) is 91.6 Å². The van der Waals surface area contributed by atoms with Crippen molar-refractivity contribution in [3.8, 4) is 0 Å². The molecule has 0 atom stereocenters. The van der Waals surface area contributed by atoms with Crippen LogP contribution in [0.4, 0.5) is 17.5 Å². The van der Waals surface area contributed by atoms with E-state index in [1.807, 2.05) is 6.92 Å². The third kappa shape index (κ3) is 18.0. The fourth-order valence-electron chi connectivity index (χ4n) is 8.01. The molecule has 0 unspecified atom stereocenters. The zero-order valence-electron chi connectivity index (χ0n) is 47.2. The van der Waals surface area contributed by atoms with Gasteiger partial charge in [0.05, 0.1) is 57.2 Å². The maximum absolute atomic E-state index is 12.3. The number of amides is 4. The molecule has 84 heavy (non-hydrogen) atoms. The van der Waals surface area contributed by atoms with Crippen molar-refractivity contribution in [2.24, 2.45) is 22.9 Å². The van der Waals surface area contributed by atoms with Gasteiger partial charge in [0.25, 0.3) is 0 Å². The van der Waals surface area contributed by atoms with Crippen LogP contribution in [-0.4, -0.2) is 223 Å². The Morgan fingerprint density at radius 3 is 0.821 bits per heavy atom. The normalized spacial score (nSPS) is 10.8. The molecule has 35 heteroatoms. The second kappa shape index (κ2) is 31.3. The van der Waals surface area contributed by atoms with Crippen molar-refractivity contribution < 1.29 is 38.4 Å². The number of hydrogen-bond donors (Lipinski definition) is 7. The largest absolute Gasteiger partial charge is 0.382 e. The molecule has 0 aliphatic heterocycles. The first-order chi connectivity index (χ1) is 40.1. The van der Waals surface area contributed by atoms with Crippen LogP contribution in [0.2, 0.25) is 0 Å². The summed E-state index contributed by atoms with van der Waals surface area (Å²) >= 11 is 0. The number of nitrogens with zero attached hydrogens (tertiary/aromatic N) is 20. The van der Waals surface area contributed by atoms with Crippen molar-refractivity contribution >= 4 is 109 Å². The molecule has 0 aromatic carbocycles. The van der Waals surface area contributed by atoms with Crippen molar-refractivity contribution in [3.63, 3.8) is 0 Å². The number of carbonyl (C=O) groups is 8. The van der Waals surface area contributed by atoms with Crippen molar-refractivity contribution in [2.45, 2.75) is 60.8 Å². The van der Waals surface area contributed by atoms with Gasteiger partial charge in [-0.25, -0.2) is 59.8 Å². The second-order valence-electron chi connectivity index (χ2n) is 18.6. The van der Waals surface area contributed by atoms with Gasteiger partial charge >= 0.3 is 0 Å². The molecule has 8 aromatic rings. The predicted octanol–water partition coefficient (Wildman–Crippen LogP) is -4.13. The van der Waals surface area contributed by atoms with E-state index >= 15 is 0 Å². The van der Waals surface area contributed by atoms with E-state index in [2.05, 4.69) is 59.8 Å². The molecule has 0 fully saturated rings. The van der Waals surface area contributed by atoms with Crippen LogP contribution >= 0.6 is 0 Å². The van der Waals surface area contributed by atoms with E-state index in [0.29, 0.717) is 97.0 Å². The third-order valence-electron chi connectivity index (χ3n) is 11.8. The number of rotatable bonds is 24. The molecule has 14 N–H and O–H groups in total. The van der Waals surface area contributed by atoms with E-state index < -0.39 is 0 Å². The van der Waals surface area contributed by atoms with Gasteiger partial charge in [-0.2, -0.15) is 0 Å². The SMILES string of the molecule is CC(=O)CN(CCN)C(=O)Cn1cnc2c(C)ncnc21.CC(=O)CN(CCN)C(=O)Cn1cnc2c(N)ncnc21.CC(=O)CN(CCN)C(=O)Cn1cnc2c(N)ncnc21.CC(=O)CN(CCN)C(=O)Cn1cnc2c(N)ncnc21. The van der Waals surface area contributed by atoms with Crippen LogP contribution in [-0.2, 0) is 64.5 Å². The molecule has 0 spiro atoms. The second-order valence-corrected chi connectivity index (χ2v) is 18.6. The van der Waals surface area contributed by atoms with E-state index in [4.69, 9.17) is 40.1 Å². The summed E-state index contributed by atoms with van der Waals surface area (Å²) in [5.41, 5.74) is 43.8. The predicted molar refractivity (Wildman–Crippen MR) is 305 cm³/mol. The molecule has 0 bridgehead atoms. The zero-order chi connectivity index (χ0) is 61.6. The first-order valence-corrected chi connectivity index (χ1v) is 25.9. The molecule has 8 heterocycles. The lowest BCUT2D eigenvalue weighted by Gasteiger charge is -2.20. The van der Waals surface area contributed by atoms with Gasteiger partial charge in [-0.3, -0.25) is 38.4 Å². The number of hydrogen-bond acceptors (Lipinski definition) is 27. The average molecular weight is 1160 g/mol. The van der Waals surface area contributed by atoms with Crippen LogP contribution in [0.15, 0.2) is 50.6 Å². The first-order valence-electron chi connectivity index (χ1n) is 25.9. The number of ketones is 4. The molecular weight excluding hydrogens is 1090 g/mol. The molecule has 0 aliphatic rings. The van der Waals surface area contributed by atoms with E-state index in [1.54, 1.807) is 24.6 Å². The molecular formula is C49H69N27O8. The molecule has 0 saturated heterocycles. The molecule has 8 aromatic heterocycles. The van der Waals surface area contributed by atoms with Crippen LogP contribution < -0.4 is 40.1 Å². The highest BCUT2D eigenvalue weighted by Crippen LogP contribution is 2.17. The highest BCUT2D eigenvalue weighted by Gasteiger charge is 2.22. The van der Waals surface area contributed by atoms with Gasteiger partial charge in [0.2, 0.25) is 23.6 Å². The minimum Gasteiger partial charge on any atom is -0.382 e.